The zero-order valence-electron chi connectivity index (χ0n) is 14.5. The summed E-state index contributed by atoms with van der Waals surface area (Å²) in [4.78, 5) is 21.5. The maximum Gasteiger partial charge on any atom is 0.432 e. The van der Waals surface area contributed by atoms with Crippen molar-refractivity contribution in [1.82, 2.24) is 19.6 Å². The Kier molecular flexibility index (Phi) is 4.00. The Labute approximate surface area is 157 Å². The quantitative estimate of drug-likeness (QED) is 0.423. The van der Waals surface area contributed by atoms with E-state index in [1.165, 1.54) is 36.7 Å². The average Bonchev–Trinajstić information content (AvgIpc) is 3.29. The number of nitro groups is 1. The standard InChI is InChI=1S/C18H13N5O5/c1-21-16-7-15(12-9-20-22(10-12)18(24)25)17(6-11(16)8-19-21)28-14-4-2-13(3-5-14)23(26)27/h2-10H,1H3,(H,24,25). The first-order valence-corrected chi connectivity index (χ1v) is 8.09. The van der Waals surface area contributed by atoms with Crippen LogP contribution in [0.5, 0.6) is 11.5 Å². The van der Waals surface area contributed by atoms with Crippen molar-refractivity contribution in [2.75, 3.05) is 0 Å². The van der Waals surface area contributed by atoms with Gasteiger partial charge in [0.1, 0.15) is 11.5 Å². The molecule has 4 rings (SSSR count). The van der Waals surface area contributed by atoms with Crippen molar-refractivity contribution >= 4 is 22.7 Å². The van der Waals surface area contributed by atoms with Crippen LogP contribution in [0.15, 0.2) is 55.0 Å². The van der Waals surface area contributed by atoms with Gasteiger partial charge in [0.25, 0.3) is 5.69 Å². The molecule has 2 aromatic heterocycles. The molecule has 28 heavy (non-hydrogen) atoms. The van der Waals surface area contributed by atoms with Gasteiger partial charge in [0.2, 0.25) is 0 Å². The van der Waals surface area contributed by atoms with E-state index >= 15 is 0 Å². The number of nitro benzene ring substituents is 1. The van der Waals surface area contributed by atoms with Crippen LogP contribution in [0.1, 0.15) is 0 Å². The minimum atomic E-state index is -1.20. The van der Waals surface area contributed by atoms with E-state index in [-0.39, 0.29) is 5.69 Å². The van der Waals surface area contributed by atoms with Crippen LogP contribution in [0.4, 0.5) is 10.5 Å². The highest BCUT2D eigenvalue weighted by Crippen LogP contribution is 2.37. The average molecular weight is 379 g/mol. The minimum absolute atomic E-state index is 0.0435. The van der Waals surface area contributed by atoms with Crippen molar-refractivity contribution in [3.05, 3.63) is 65.1 Å². The fraction of sp³-hybridized carbons (Fsp3) is 0.0556. The molecular formula is C18H13N5O5. The Morgan fingerprint density at radius 3 is 2.57 bits per heavy atom. The van der Waals surface area contributed by atoms with Gasteiger partial charge in [-0.05, 0) is 24.3 Å². The maximum atomic E-state index is 11.1. The molecule has 0 saturated carbocycles. The van der Waals surface area contributed by atoms with E-state index in [1.807, 2.05) is 6.07 Å². The molecule has 0 unspecified atom stereocenters. The SMILES string of the molecule is Cn1ncc2cc(Oc3ccc([N+](=O)[O-])cc3)c(-c3cnn(C(=O)O)c3)cc21. The molecule has 0 atom stereocenters. The second kappa shape index (κ2) is 6.50. The molecule has 0 spiro atoms. The summed E-state index contributed by atoms with van der Waals surface area (Å²) in [7, 11) is 1.80. The summed E-state index contributed by atoms with van der Waals surface area (Å²) in [6.45, 7) is 0. The van der Waals surface area contributed by atoms with E-state index in [2.05, 4.69) is 10.2 Å². The van der Waals surface area contributed by atoms with Crippen molar-refractivity contribution in [2.45, 2.75) is 0 Å². The first-order chi connectivity index (χ1) is 13.4. The number of rotatable bonds is 4. The largest absolute Gasteiger partial charge is 0.463 e. The van der Waals surface area contributed by atoms with Crippen molar-refractivity contribution in [3.63, 3.8) is 0 Å². The number of carboxylic acid groups (broad SMARTS) is 1. The molecule has 0 bridgehead atoms. The van der Waals surface area contributed by atoms with E-state index in [0.29, 0.717) is 22.6 Å². The molecule has 0 saturated heterocycles. The van der Waals surface area contributed by atoms with E-state index in [9.17, 15) is 14.9 Å². The highest BCUT2D eigenvalue weighted by Gasteiger charge is 2.15. The summed E-state index contributed by atoms with van der Waals surface area (Å²) >= 11 is 0. The Balaban J connectivity index is 1.81. The van der Waals surface area contributed by atoms with Gasteiger partial charge in [-0.3, -0.25) is 14.8 Å². The molecule has 0 aliphatic rings. The lowest BCUT2D eigenvalue weighted by atomic mass is 10.1. The molecule has 140 valence electrons. The smallest absolute Gasteiger partial charge is 0.432 e. The van der Waals surface area contributed by atoms with Crippen molar-refractivity contribution in [2.24, 2.45) is 7.05 Å². The first-order valence-electron chi connectivity index (χ1n) is 8.09. The lowest BCUT2D eigenvalue weighted by molar-refractivity contribution is -0.384. The summed E-state index contributed by atoms with van der Waals surface area (Å²) in [6.07, 6.45) is 3.28. The van der Waals surface area contributed by atoms with Crippen LogP contribution in [0.2, 0.25) is 0 Å². The molecule has 0 radical (unpaired) electrons. The lowest BCUT2D eigenvalue weighted by Gasteiger charge is -2.11. The normalized spacial score (nSPS) is 10.9. The number of hydrogen-bond acceptors (Lipinski definition) is 6. The molecule has 10 nitrogen and oxygen atoms in total. The maximum absolute atomic E-state index is 11.1. The van der Waals surface area contributed by atoms with E-state index in [4.69, 9.17) is 9.84 Å². The van der Waals surface area contributed by atoms with Crippen LogP contribution in [0.3, 0.4) is 0 Å². The predicted octanol–water partition coefficient (Wildman–Crippen LogP) is 3.66. The fourth-order valence-electron chi connectivity index (χ4n) is 2.82. The molecule has 2 aromatic carbocycles. The first kappa shape index (κ1) is 17.2. The van der Waals surface area contributed by atoms with Gasteiger partial charge in [0, 0.05) is 41.9 Å². The molecule has 0 aliphatic heterocycles. The molecule has 0 fully saturated rings. The second-order valence-corrected chi connectivity index (χ2v) is 5.98. The van der Waals surface area contributed by atoms with Gasteiger partial charge in [0.05, 0.1) is 22.8 Å². The molecule has 4 aromatic rings. The summed E-state index contributed by atoms with van der Waals surface area (Å²) < 4.78 is 8.44. The number of nitrogens with zero attached hydrogens (tertiary/aromatic N) is 5. The van der Waals surface area contributed by atoms with Gasteiger partial charge in [-0.25, -0.2) is 4.79 Å². The second-order valence-electron chi connectivity index (χ2n) is 5.98. The number of hydrogen-bond donors (Lipinski definition) is 1. The molecule has 1 N–H and O–H groups in total. The number of aromatic nitrogens is 4. The third-order valence-electron chi connectivity index (χ3n) is 4.21. The zero-order valence-corrected chi connectivity index (χ0v) is 14.5. The topological polar surface area (TPSA) is 125 Å². The van der Waals surface area contributed by atoms with Gasteiger partial charge < -0.3 is 9.84 Å². The van der Waals surface area contributed by atoms with Gasteiger partial charge in [-0.1, -0.05) is 0 Å². The third-order valence-corrected chi connectivity index (χ3v) is 4.21. The Morgan fingerprint density at radius 2 is 1.93 bits per heavy atom. The third kappa shape index (κ3) is 3.03. The van der Waals surface area contributed by atoms with Crippen LogP contribution < -0.4 is 4.74 Å². The molecule has 10 heteroatoms. The monoisotopic (exact) mass is 379 g/mol. The van der Waals surface area contributed by atoms with E-state index in [0.717, 1.165) is 15.6 Å². The van der Waals surface area contributed by atoms with Crippen molar-refractivity contribution < 1.29 is 19.6 Å². The molecule has 2 heterocycles. The van der Waals surface area contributed by atoms with Crippen LogP contribution in [-0.4, -0.2) is 35.7 Å². The van der Waals surface area contributed by atoms with Gasteiger partial charge in [0.15, 0.2) is 0 Å². The minimum Gasteiger partial charge on any atom is -0.463 e. The summed E-state index contributed by atoms with van der Waals surface area (Å²) in [5.74, 6) is 0.847. The summed E-state index contributed by atoms with van der Waals surface area (Å²) in [5.41, 5.74) is 1.94. The molecular weight excluding hydrogens is 366 g/mol. The van der Waals surface area contributed by atoms with Crippen LogP contribution in [-0.2, 0) is 7.05 Å². The molecule has 0 amide bonds. The van der Waals surface area contributed by atoms with Crippen molar-refractivity contribution in [3.8, 4) is 22.6 Å². The number of carbonyl (C=O) groups is 1. The predicted molar refractivity (Wildman–Crippen MR) is 98.5 cm³/mol. The van der Waals surface area contributed by atoms with E-state index in [1.54, 1.807) is 24.0 Å². The van der Waals surface area contributed by atoms with Crippen LogP contribution in [0, 0.1) is 10.1 Å². The van der Waals surface area contributed by atoms with Gasteiger partial charge in [-0.2, -0.15) is 14.9 Å². The van der Waals surface area contributed by atoms with Crippen LogP contribution >= 0.6 is 0 Å². The Hall–Kier alpha value is -4.21. The van der Waals surface area contributed by atoms with Crippen LogP contribution in [0.25, 0.3) is 22.0 Å². The summed E-state index contributed by atoms with van der Waals surface area (Å²) in [5, 5.41) is 28.8. The van der Waals surface area contributed by atoms with Gasteiger partial charge in [-0.15, -0.1) is 0 Å². The number of benzene rings is 2. The molecule has 0 aliphatic carbocycles. The number of fused-ring (bicyclic) bond motifs is 1. The zero-order chi connectivity index (χ0) is 19.8. The van der Waals surface area contributed by atoms with Crippen molar-refractivity contribution in [1.29, 1.82) is 0 Å². The highest BCUT2D eigenvalue weighted by atomic mass is 16.6. The fourth-order valence-corrected chi connectivity index (χ4v) is 2.82. The van der Waals surface area contributed by atoms with Gasteiger partial charge >= 0.3 is 6.09 Å². The number of non-ortho nitro benzene ring substituents is 1. The number of ether oxygens (including phenoxy) is 1. The van der Waals surface area contributed by atoms with E-state index < -0.39 is 11.0 Å². The highest BCUT2D eigenvalue weighted by molar-refractivity contribution is 5.88. The lowest BCUT2D eigenvalue weighted by Crippen LogP contribution is -2.07. The Morgan fingerprint density at radius 1 is 1.18 bits per heavy atom. The Bertz CT molecular complexity index is 1210. The number of aryl methyl sites for hydroxylation is 1. The summed E-state index contributed by atoms with van der Waals surface area (Å²) in [6, 6.07) is 9.29.